The van der Waals surface area contributed by atoms with E-state index in [1.165, 1.54) is 0 Å². The molecule has 36 nitrogen and oxygen atoms in total. The van der Waals surface area contributed by atoms with E-state index in [0.29, 0.717) is 166 Å². The van der Waals surface area contributed by atoms with Crippen LogP contribution in [0.25, 0.3) is 89.2 Å². The number of aliphatic hydroxyl groups is 4. The van der Waals surface area contributed by atoms with Gasteiger partial charge in [0, 0.05) is 104 Å². The summed E-state index contributed by atoms with van der Waals surface area (Å²) in [4.78, 5) is 78.8. The summed E-state index contributed by atoms with van der Waals surface area (Å²) in [6.45, 7) is 17.0. The van der Waals surface area contributed by atoms with Crippen molar-refractivity contribution in [3.8, 4) is 68.0 Å². The maximum Gasteiger partial charge on any atom is 0.230 e. The first-order valence-corrected chi connectivity index (χ1v) is 49.3. The number of rotatable bonds is 23. The zero-order chi connectivity index (χ0) is 95.8. The monoisotopic (exact) mass is 1910 g/mol. The number of anilines is 8. The third-order valence-corrected chi connectivity index (χ3v) is 29.3. The number of benzene rings is 4. The standard InChI is InChI=1S/C27H31N5O4.C27H33N5O4.C25H29N5O4.C25H31N5O4/c1-34-24-9-2-16(10-17(24)13-33)23-8-7-22-25(28-23)29-27(32-18-3-4-19(32)15-35-14-18)30-26(22)31-11-20-5-6-21(12-31)36-20;1-16-11-31(12-17(2)36-16)26-22-7-8-23(18-4-9-24(34-3)19(10-18)13-33)28-25(22)29-27(30-26)32-20-5-6-21(32)15-35-14-20;1-32-22-7-2-16(12-17(22)13-31)21-6-5-20-23(26-21)27-25(28-24(20)29-8-10-33-11-9-29)30-18-3-4-19(30)15-34-14-18;1-29(10-11-32-2)24-20-7-8-21(16-4-9-22(33-3)17(12-16)13-31)26-23(20)27-25(28-24)30-18-5-6-19(30)15-34-14-18/h2,7-10,18-21,33H,3-6,11-15H2,1H3;4,7-10,16-17,20-21,33H,5-6,11-15H2,1-3H3;2,5-7,12,18-19,31H,3-4,8-11,13-15H2,1H3;4,7-9,12,18-19,31H,5-6,10-11,13-15H2,1-3H3/t;16-,17+,20?,21?;;. The van der Waals surface area contributed by atoms with E-state index in [1.54, 1.807) is 35.5 Å². The van der Waals surface area contributed by atoms with Crippen molar-refractivity contribution in [2.24, 2.45) is 0 Å². The van der Waals surface area contributed by atoms with Gasteiger partial charge in [0.05, 0.1) is 245 Å². The van der Waals surface area contributed by atoms with Crippen LogP contribution < -0.4 is 58.1 Å². The topological polar surface area (TPSA) is 372 Å². The first kappa shape index (κ1) is 94.2. The molecule has 0 spiro atoms. The number of morpholine rings is 7. The van der Waals surface area contributed by atoms with Crippen LogP contribution in [0.2, 0.25) is 0 Å². The highest BCUT2D eigenvalue weighted by Crippen LogP contribution is 2.45. The van der Waals surface area contributed by atoms with Crippen LogP contribution in [-0.4, -0.2) is 314 Å². The van der Waals surface area contributed by atoms with Crippen molar-refractivity contribution in [3.63, 3.8) is 0 Å². The summed E-state index contributed by atoms with van der Waals surface area (Å²) in [5, 5.41) is 42.8. The molecule has 140 heavy (non-hydrogen) atoms. The van der Waals surface area contributed by atoms with Crippen LogP contribution in [0.3, 0.4) is 0 Å². The average Bonchev–Trinajstić information content (AvgIpc) is 1.45. The average molecular weight is 1910 g/mol. The first-order chi connectivity index (χ1) is 68.6. The van der Waals surface area contributed by atoms with Gasteiger partial charge in [-0.05, 0) is 199 Å². The number of aliphatic hydroxyl groups excluding tert-OH is 4. The molecule has 12 aromatic rings. The molecule has 12 aliphatic heterocycles. The number of ether oxygens (including phenoxy) is 12. The fraction of sp³-hybridized carbons (Fsp3) is 0.500. The van der Waals surface area contributed by atoms with Crippen LogP contribution >= 0.6 is 0 Å². The molecule has 8 aromatic heterocycles. The minimum absolute atomic E-state index is 0.0970. The lowest BCUT2D eigenvalue weighted by atomic mass is 10.1. The predicted molar refractivity (Wildman–Crippen MR) is 532 cm³/mol. The molecule has 0 aliphatic carbocycles. The van der Waals surface area contributed by atoms with Crippen molar-refractivity contribution in [1.82, 2.24) is 59.8 Å². The molecular weight excluding hydrogens is 1790 g/mol. The summed E-state index contributed by atoms with van der Waals surface area (Å²) in [5.74, 6) is 9.18. The van der Waals surface area contributed by atoms with E-state index in [1.807, 2.05) is 110 Å². The number of fused-ring (bicyclic) bond motifs is 14. The Morgan fingerprint density at radius 3 is 0.943 bits per heavy atom. The first-order valence-electron chi connectivity index (χ1n) is 49.3. The number of pyridine rings is 4. The molecule has 12 aliphatic rings. The van der Waals surface area contributed by atoms with Crippen LogP contribution in [-0.2, 0) is 64.3 Å². The summed E-state index contributed by atoms with van der Waals surface area (Å²) >= 11 is 0. The van der Waals surface area contributed by atoms with E-state index in [4.69, 9.17) is 117 Å². The highest BCUT2D eigenvalue weighted by atomic mass is 16.5. The van der Waals surface area contributed by atoms with E-state index in [2.05, 4.69) is 71.2 Å². The second kappa shape index (κ2) is 41.6. The van der Waals surface area contributed by atoms with Crippen LogP contribution in [0.15, 0.2) is 121 Å². The quantitative estimate of drug-likeness (QED) is 0.0462. The Bertz CT molecular complexity index is 6210. The maximum absolute atomic E-state index is 9.80. The fourth-order valence-corrected chi connectivity index (χ4v) is 22.4. The zero-order valence-electron chi connectivity index (χ0n) is 80.7. The second-order valence-electron chi connectivity index (χ2n) is 38.3. The molecule has 4 aromatic carbocycles. The molecule has 12 atom stereocenters. The van der Waals surface area contributed by atoms with Gasteiger partial charge in [0.15, 0.2) is 22.6 Å². The predicted octanol–water partition coefficient (Wildman–Crippen LogP) is 11.1. The van der Waals surface area contributed by atoms with Crippen LogP contribution in [0, 0.1) is 0 Å². The van der Waals surface area contributed by atoms with E-state index in [-0.39, 0.29) is 50.8 Å². The number of nitrogens with zero attached hydrogens (tertiary/aromatic N) is 20. The van der Waals surface area contributed by atoms with Gasteiger partial charge >= 0.3 is 0 Å². The van der Waals surface area contributed by atoms with Crippen LogP contribution in [0.1, 0.15) is 100 Å². The Balaban J connectivity index is 0.000000111. The molecule has 736 valence electrons. The van der Waals surface area contributed by atoms with Gasteiger partial charge in [-0.15, -0.1) is 0 Å². The Hall–Kier alpha value is -12.0. The Kier molecular flexibility index (Phi) is 28.0. The van der Waals surface area contributed by atoms with E-state index >= 15 is 0 Å². The molecule has 12 saturated heterocycles. The van der Waals surface area contributed by atoms with E-state index in [9.17, 15) is 20.4 Å². The summed E-state index contributed by atoms with van der Waals surface area (Å²) in [7, 11) is 10.1. The van der Waals surface area contributed by atoms with Crippen LogP contribution in [0.5, 0.6) is 23.0 Å². The molecule has 0 amide bonds. The van der Waals surface area contributed by atoms with Gasteiger partial charge in [-0.25, -0.2) is 19.9 Å². The third kappa shape index (κ3) is 19.1. The number of hydrogen-bond acceptors (Lipinski definition) is 36. The number of likely N-dealkylation sites (N-methyl/N-ethyl adjacent to an activating group) is 1. The smallest absolute Gasteiger partial charge is 0.230 e. The molecule has 10 unspecified atom stereocenters. The van der Waals surface area contributed by atoms with Crippen molar-refractivity contribution >= 4 is 91.2 Å². The molecule has 36 heteroatoms. The van der Waals surface area contributed by atoms with Crippen molar-refractivity contribution in [1.29, 1.82) is 0 Å². The second-order valence-corrected chi connectivity index (χ2v) is 38.3. The largest absolute Gasteiger partial charge is 0.496 e. The van der Waals surface area contributed by atoms with Crippen molar-refractivity contribution in [2.45, 2.75) is 177 Å². The lowest BCUT2D eigenvalue weighted by Gasteiger charge is -2.38. The molecule has 4 N–H and O–H groups in total. The summed E-state index contributed by atoms with van der Waals surface area (Å²) in [5.41, 5.74) is 12.4. The molecule has 0 radical (unpaired) electrons. The summed E-state index contributed by atoms with van der Waals surface area (Å²) < 4.78 is 67.7. The number of methoxy groups -OCH3 is 5. The normalized spacial score (nSPS) is 23.9. The number of aromatic nitrogens is 12. The van der Waals surface area contributed by atoms with Gasteiger partial charge in [-0.3, -0.25) is 0 Å². The lowest BCUT2D eigenvalue weighted by molar-refractivity contribution is -0.00538. The molecule has 12 fully saturated rings. The molecular formula is C104H124N20O16. The Labute approximate surface area is 813 Å². The van der Waals surface area contributed by atoms with Crippen molar-refractivity contribution in [3.05, 3.63) is 144 Å². The minimum Gasteiger partial charge on any atom is -0.496 e. The maximum atomic E-state index is 9.80. The highest BCUT2D eigenvalue weighted by Gasteiger charge is 2.46. The fourth-order valence-electron chi connectivity index (χ4n) is 22.4. The highest BCUT2D eigenvalue weighted by molar-refractivity contribution is 5.94. The van der Waals surface area contributed by atoms with Gasteiger partial charge < -0.3 is 116 Å². The summed E-state index contributed by atoms with van der Waals surface area (Å²) in [6, 6.07) is 41.6. The lowest BCUT2D eigenvalue weighted by Crippen LogP contribution is -2.48. The third-order valence-electron chi connectivity index (χ3n) is 29.3. The SMILES string of the molecule is COCCN(C)c1nc(N2C3CCC2COC3)nc2nc(-c3ccc(OC)c(CO)c3)ccc12.COc1ccc(-c2ccc3c(N4CC5CCC(C4)O5)nc(N4C5CCC4COC5)nc3n2)cc1CO.COc1ccc(-c2ccc3c(N4CCOCC4)nc(N4C5CCC4COC5)nc3n2)cc1CO.COc1ccc(-c2ccc3c(N4C[C@@H](C)O[C@@H](C)C4)nc(N4C5CCC4COC5)nc3n2)cc1CO. The zero-order valence-corrected chi connectivity index (χ0v) is 80.7. The Morgan fingerprint density at radius 1 is 0.329 bits per heavy atom. The molecule has 20 heterocycles. The molecule has 24 rings (SSSR count). The van der Waals surface area contributed by atoms with Crippen molar-refractivity contribution < 1.29 is 77.3 Å². The van der Waals surface area contributed by atoms with E-state index in [0.717, 1.165) is 247 Å². The molecule has 10 bridgehead atoms. The van der Waals surface area contributed by atoms with Gasteiger partial charge in [0.1, 0.15) is 46.3 Å². The Morgan fingerprint density at radius 2 is 0.629 bits per heavy atom. The van der Waals surface area contributed by atoms with E-state index < -0.39 is 0 Å². The number of hydrogen-bond donors (Lipinski definition) is 4. The minimum atomic E-state index is -0.106. The van der Waals surface area contributed by atoms with Gasteiger partial charge in [0.25, 0.3) is 0 Å². The van der Waals surface area contributed by atoms with Crippen molar-refractivity contribution in [2.75, 3.05) is 200 Å². The summed E-state index contributed by atoms with van der Waals surface area (Å²) in [6.07, 6.45) is 11.7. The van der Waals surface area contributed by atoms with Gasteiger partial charge in [0.2, 0.25) is 23.8 Å². The van der Waals surface area contributed by atoms with Gasteiger partial charge in [-0.2, -0.15) is 39.9 Å². The molecule has 0 saturated carbocycles. The van der Waals surface area contributed by atoms with Crippen LogP contribution in [0.4, 0.5) is 47.1 Å². The van der Waals surface area contributed by atoms with Gasteiger partial charge in [-0.1, -0.05) is 0 Å².